The first-order valence-electron chi connectivity index (χ1n) is 12.1. The summed E-state index contributed by atoms with van der Waals surface area (Å²) >= 11 is 0. The third kappa shape index (κ3) is 3.39. The lowest BCUT2D eigenvalue weighted by Gasteiger charge is -2.08. The van der Waals surface area contributed by atoms with Gasteiger partial charge in [0.25, 0.3) is 0 Å². The van der Waals surface area contributed by atoms with Gasteiger partial charge in [-0.25, -0.2) is 4.57 Å². The van der Waals surface area contributed by atoms with Crippen molar-refractivity contribution in [2.75, 3.05) is 0 Å². The summed E-state index contributed by atoms with van der Waals surface area (Å²) in [5.41, 5.74) is 10.8. The zero-order chi connectivity index (χ0) is 24.8. The van der Waals surface area contributed by atoms with Crippen LogP contribution < -0.4 is 4.57 Å². The average Bonchev–Trinajstić information content (AvgIpc) is 3.29. The molecular weight excluding hydrogens is 440 g/mol. The first-order chi connectivity index (χ1) is 17.6. The Bertz CT molecular complexity index is 1820. The number of rotatable bonds is 3. The van der Waals surface area contributed by atoms with Gasteiger partial charge in [-0.15, -0.1) is 0 Å². The number of nitrogens with zero attached hydrogens (tertiary/aromatic N) is 2. The van der Waals surface area contributed by atoms with E-state index in [1.165, 1.54) is 0 Å². The van der Waals surface area contributed by atoms with Crippen LogP contribution in [0.4, 0.5) is 0 Å². The molecule has 0 saturated heterocycles. The minimum atomic E-state index is 0.605. The van der Waals surface area contributed by atoms with Gasteiger partial charge in [-0.3, -0.25) is 0 Å². The SMILES string of the molecule is Cc1cc(C)c2c(oc3c(-c4cccc(-c5ccccc5)c4)c(C#N)ccc32)c1-c1cccc[n+]1C. The molecule has 0 aliphatic heterocycles. The van der Waals surface area contributed by atoms with Crippen LogP contribution in [0.15, 0.2) is 102 Å². The van der Waals surface area contributed by atoms with E-state index in [0.29, 0.717) is 5.56 Å². The molecule has 4 aromatic carbocycles. The van der Waals surface area contributed by atoms with E-state index in [1.54, 1.807) is 0 Å². The van der Waals surface area contributed by atoms with Gasteiger partial charge in [0.15, 0.2) is 6.20 Å². The molecule has 0 N–H and O–H groups in total. The maximum Gasteiger partial charge on any atom is 0.216 e. The van der Waals surface area contributed by atoms with Gasteiger partial charge in [-0.2, -0.15) is 5.26 Å². The molecule has 2 heterocycles. The molecule has 0 spiro atoms. The van der Waals surface area contributed by atoms with Crippen molar-refractivity contribution in [3.05, 3.63) is 114 Å². The number of fused-ring (bicyclic) bond motifs is 3. The van der Waals surface area contributed by atoms with E-state index >= 15 is 0 Å². The topological polar surface area (TPSA) is 40.8 Å². The molecular formula is C33H25N2O+. The van der Waals surface area contributed by atoms with Crippen molar-refractivity contribution in [3.8, 4) is 39.6 Å². The van der Waals surface area contributed by atoms with Crippen molar-refractivity contribution in [1.29, 1.82) is 5.26 Å². The zero-order valence-corrected chi connectivity index (χ0v) is 20.5. The number of aromatic nitrogens is 1. The number of hydrogen-bond donors (Lipinski definition) is 0. The normalized spacial score (nSPS) is 11.2. The Morgan fingerprint density at radius 2 is 1.44 bits per heavy atom. The molecule has 6 aromatic rings. The standard InChI is InChI=1S/C33H25N2O/c1-21-18-22(2)30(28-14-7-8-17-35(28)3)33-29(21)27-16-15-26(20-34)31(32(27)36-33)25-13-9-12-24(19-25)23-10-5-4-6-11-23/h4-19H,1-3H3/q+1. The molecule has 0 fully saturated rings. The van der Waals surface area contributed by atoms with Crippen LogP contribution in [0.3, 0.4) is 0 Å². The molecule has 0 radical (unpaired) electrons. The summed E-state index contributed by atoms with van der Waals surface area (Å²) in [7, 11) is 2.05. The third-order valence-corrected chi connectivity index (χ3v) is 7.00. The summed E-state index contributed by atoms with van der Waals surface area (Å²) in [5.74, 6) is 0. The van der Waals surface area contributed by atoms with E-state index in [2.05, 4.69) is 86.3 Å². The molecule has 0 aliphatic carbocycles. The molecule has 0 unspecified atom stereocenters. The van der Waals surface area contributed by atoms with Crippen molar-refractivity contribution in [2.45, 2.75) is 13.8 Å². The predicted octanol–water partition coefficient (Wildman–Crippen LogP) is 7.90. The number of hydrogen-bond acceptors (Lipinski definition) is 2. The van der Waals surface area contributed by atoms with Crippen LogP contribution >= 0.6 is 0 Å². The highest BCUT2D eigenvalue weighted by atomic mass is 16.3. The maximum absolute atomic E-state index is 10.1. The minimum Gasteiger partial charge on any atom is -0.454 e. The Balaban J connectivity index is 1.70. The summed E-state index contributed by atoms with van der Waals surface area (Å²) in [5, 5.41) is 12.2. The number of aryl methyl sites for hydroxylation is 3. The first-order valence-corrected chi connectivity index (χ1v) is 12.1. The van der Waals surface area contributed by atoms with Crippen LogP contribution in [0.1, 0.15) is 16.7 Å². The van der Waals surface area contributed by atoms with Crippen molar-refractivity contribution < 1.29 is 8.98 Å². The Morgan fingerprint density at radius 1 is 0.694 bits per heavy atom. The van der Waals surface area contributed by atoms with Gasteiger partial charge >= 0.3 is 0 Å². The number of benzene rings is 4. The summed E-state index contributed by atoms with van der Waals surface area (Å²) in [6.07, 6.45) is 2.05. The lowest BCUT2D eigenvalue weighted by atomic mass is 9.93. The van der Waals surface area contributed by atoms with Crippen LogP contribution in [0.5, 0.6) is 0 Å². The molecule has 3 heteroatoms. The Hall–Kier alpha value is -4.68. The van der Waals surface area contributed by atoms with Crippen molar-refractivity contribution in [1.82, 2.24) is 0 Å². The van der Waals surface area contributed by atoms with Gasteiger partial charge < -0.3 is 4.42 Å². The quantitative estimate of drug-likeness (QED) is 0.249. The monoisotopic (exact) mass is 465 g/mol. The lowest BCUT2D eigenvalue weighted by molar-refractivity contribution is -0.660. The highest BCUT2D eigenvalue weighted by Crippen LogP contribution is 2.43. The van der Waals surface area contributed by atoms with Crippen molar-refractivity contribution in [2.24, 2.45) is 7.05 Å². The summed E-state index contributed by atoms with van der Waals surface area (Å²) in [4.78, 5) is 0. The van der Waals surface area contributed by atoms with Crippen LogP contribution in [0, 0.1) is 25.2 Å². The molecule has 0 amide bonds. The first kappa shape index (κ1) is 21.8. The van der Waals surface area contributed by atoms with Gasteiger partial charge in [-0.05, 0) is 65.9 Å². The number of nitriles is 1. The third-order valence-electron chi connectivity index (χ3n) is 7.00. The number of furan rings is 1. The molecule has 6 rings (SSSR count). The molecule has 3 nitrogen and oxygen atoms in total. The second-order valence-corrected chi connectivity index (χ2v) is 9.31. The van der Waals surface area contributed by atoms with Crippen molar-refractivity contribution in [3.63, 3.8) is 0 Å². The van der Waals surface area contributed by atoms with E-state index in [0.717, 1.165) is 66.6 Å². The highest BCUT2D eigenvalue weighted by molar-refractivity contribution is 6.15. The van der Waals surface area contributed by atoms with Crippen LogP contribution in [0.2, 0.25) is 0 Å². The lowest BCUT2D eigenvalue weighted by Crippen LogP contribution is -2.30. The fraction of sp³-hybridized carbons (Fsp3) is 0.0909. The Morgan fingerprint density at radius 3 is 2.22 bits per heavy atom. The van der Waals surface area contributed by atoms with E-state index in [-0.39, 0.29) is 0 Å². The van der Waals surface area contributed by atoms with Gasteiger partial charge in [0.1, 0.15) is 18.2 Å². The second kappa shape index (κ2) is 8.52. The van der Waals surface area contributed by atoms with E-state index in [1.807, 2.05) is 42.5 Å². The Kier molecular flexibility index (Phi) is 5.16. The fourth-order valence-corrected chi connectivity index (χ4v) is 5.34. The van der Waals surface area contributed by atoms with Crippen LogP contribution in [-0.4, -0.2) is 0 Å². The molecule has 36 heavy (non-hydrogen) atoms. The molecule has 172 valence electrons. The molecule has 0 bridgehead atoms. The molecule has 2 aromatic heterocycles. The van der Waals surface area contributed by atoms with E-state index < -0.39 is 0 Å². The second-order valence-electron chi connectivity index (χ2n) is 9.31. The summed E-state index contributed by atoms with van der Waals surface area (Å²) in [6.45, 7) is 4.26. The van der Waals surface area contributed by atoms with Crippen LogP contribution in [0.25, 0.3) is 55.4 Å². The minimum absolute atomic E-state index is 0.605. The maximum atomic E-state index is 10.1. The van der Waals surface area contributed by atoms with E-state index in [9.17, 15) is 5.26 Å². The van der Waals surface area contributed by atoms with Gasteiger partial charge in [0.05, 0.1) is 17.2 Å². The highest BCUT2D eigenvalue weighted by Gasteiger charge is 2.24. The average molecular weight is 466 g/mol. The molecule has 0 aliphatic rings. The van der Waals surface area contributed by atoms with Gasteiger partial charge in [0.2, 0.25) is 5.69 Å². The zero-order valence-electron chi connectivity index (χ0n) is 20.5. The van der Waals surface area contributed by atoms with Crippen LogP contribution in [-0.2, 0) is 7.05 Å². The predicted molar refractivity (Wildman–Crippen MR) is 145 cm³/mol. The van der Waals surface area contributed by atoms with Crippen molar-refractivity contribution >= 4 is 21.9 Å². The summed E-state index contributed by atoms with van der Waals surface area (Å²) in [6, 6.07) is 33.4. The van der Waals surface area contributed by atoms with Gasteiger partial charge in [0, 0.05) is 28.5 Å². The summed E-state index contributed by atoms with van der Waals surface area (Å²) < 4.78 is 8.88. The molecule has 0 saturated carbocycles. The largest absolute Gasteiger partial charge is 0.454 e. The Labute approximate surface area is 210 Å². The van der Waals surface area contributed by atoms with E-state index in [4.69, 9.17) is 4.42 Å². The van der Waals surface area contributed by atoms with Gasteiger partial charge in [-0.1, -0.05) is 54.6 Å². The fourth-order valence-electron chi connectivity index (χ4n) is 5.34. The smallest absolute Gasteiger partial charge is 0.216 e. The number of pyridine rings is 1. The molecule has 0 atom stereocenters.